The molecule has 0 aliphatic heterocycles. The van der Waals surface area contributed by atoms with E-state index in [2.05, 4.69) is 5.32 Å². The topological polar surface area (TPSA) is 103 Å². The molecule has 3 aromatic carbocycles. The molecule has 0 saturated carbocycles. The fourth-order valence-corrected chi connectivity index (χ4v) is 4.01. The molecule has 4 rings (SSSR count). The highest BCUT2D eigenvalue weighted by Crippen LogP contribution is 2.19. The van der Waals surface area contributed by atoms with Crippen molar-refractivity contribution in [2.75, 3.05) is 17.3 Å². The predicted molar refractivity (Wildman–Crippen MR) is 145 cm³/mol. The minimum absolute atomic E-state index is 0.0299. The van der Waals surface area contributed by atoms with Gasteiger partial charge in [-0.25, -0.2) is 9.48 Å². The smallest absolute Gasteiger partial charge is 0.339 e. The molecule has 9 heteroatoms. The fourth-order valence-electron chi connectivity index (χ4n) is 4.01. The van der Waals surface area contributed by atoms with Crippen LogP contribution in [0.1, 0.15) is 33.3 Å². The van der Waals surface area contributed by atoms with E-state index >= 15 is 0 Å². The van der Waals surface area contributed by atoms with Gasteiger partial charge in [0.1, 0.15) is 5.69 Å². The monoisotopic (exact) mass is 512 g/mol. The third-order valence-electron chi connectivity index (χ3n) is 6.28. The summed E-state index contributed by atoms with van der Waals surface area (Å²) >= 11 is 0. The third-order valence-corrected chi connectivity index (χ3v) is 6.28. The van der Waals surface area contributed by atoms with E-state index in [0.717, 1.165) is 0 Å². The van der Waals surface area contributed by atoms with E-state index in [-0.39, 0.29) is 16.8 Å². The minimum Gasteiger partial charge on any atom is -0.449 e. The molecule has 0 fully saturated rings. The van der Waals surface area contributed by atoms with Crippen LogP contribution in [0.4, 0.5) is 11.4 Å². The van der Waals surface area contributed by atoms with Gasteiger partial charge in [-0.3, -0.25) is 19.1 Å². The summed E-state index contributed by atoms with van der Waals surface area (Å²) in [6, 6.07) is 24.3. The number of esters is 1. The second kappa shape index (κ2) is 11.0. The standard InChI is InChI=1S/C29H28N4O5/c1-19-25(28(36)33(32(19)4)22-15-9-6-10-16-22)30-26(34)20(2)38-29(37)24-18-12-11-17-23(24)27(35)31(3)21-13-7-5-8-14-21/h5-18,20H,1-4H3,(H,30,34). The first-order chi connectivity index (χ1) is 18.2. The zero-order valence-electron chi connectivity index (χ0n) is 21.5. The zero-order valence-corrected chi connectivity index (χ0v) is 21.5. The number of benzene rings is 3. The molecule has 0 spiro atoms. The number of nitrogens with zero attached hydrogens (tertiary/aromatic N) is 3. The van der Waals surface area contributed by atoms with E-state index in [1.165, 1.54) is 28.6 Å². The van der Waals surface area contributed by atoms with Gasteiger partial charge >= 0.3 is 5.97 Å². The van der Waals surface area contributed by atoms with E-state index in [4.69, 9.17) is 4.74 Å². The number of aromatic nitrogens is 2. The first-order valence-corrected chi connectivity index (χ1v) is 12.0. The molecule has 1 N–H and O–H groups in total. The molecule has 1 aromatic heterocycles. The summed E-state index contributed by atoms with van der Waals surface area (Å²) in [6.07, 6.45) is -1.23. The van der Waals surface area contributed by atoms with Crippen LogP contribution in [0.3, 0.4) is 0 Å². The number of rotatable bonds is 7. The summed E-state index contributed by atoms with van der Waals surface area (Å²) in [7, 11) is 3.32. The second-order valence-corrected chi connectivity index (χ2v) is 8.72. The normalized spacial score (nSPS) is 11.5. The van der Waals surface area contributed by atoms with Crippen LogP contribution in [0.15, 0.2) is 89.7 Å². The minimum atomic E-state index is -1.23. The van der Waals surface area contributed by atoms with Crippen LogP contribution in [0.2, 0.25) is 0 Å². The molecule has 0 saturated heterocycles. The van der Waals surface area contributed by atoms with E-state index in [1.54, 1.807) is 62.1 Å². The first-order valence-electron chi connectivity index (χ1n) is 12.0. The van der Waals surface area contributed by atoms with E-state index < -0.39 is 29.4 Å². The number of hydrogen-bond donors (Lipinski definition) is 1. The van der Waals surface area contributed by atoms with Gasteiger partial charge in [-0.05, 0) is 50.2 Å². The fraction of sp³-hybridized carbons (Fsp3) is 0.172. The molecule has 2 amide bonds. The van der Waals surface area contributed by atoms with Crippen LogP contribution in [-0.2, 0) is 16.6 Å². The molecule has 1 heterocycles. The number of carbonyl (C=O) groups excluding carboxylic acids is 3. The molecular formula is C29H28N4O5. The molecule has 0 aliphatic rings. The molecule has 38 heavy (non-hydrogen) atoms. The molecule has 1 unspecified atom stereocenters. The van der Waals surface area contributed by atoms with Crippen molar-refractivity contribution in [2.24, 2.45) is 7.05 Å². The maximum atomic E-state index is 13.2. The van der Waals surface area contributed by atoms with Crippen LogP contribution in [0.25, 0.3) is 5.69 Å². The van der Waals surface area contributed by atoms with Gasteiger partial charge in [0.05, 0.1) is 22.5 Å². The van der Waals surface area contributed by atoms with Crippen LogP contribution in [-0.4, -0.2) is 40.3 Å². The SMILES string of the molecule is Cc1c(NC(=O)C(C)OC(=O)c2ccccc2C(=O)N(C)c2ccccc2)c(=O)n(-c2ccccc2)n1C. The molecule has 194 valence electrons. The van der Waals surface area contributed by atoms with E-state index in [1.807, 2.05) is 36.4 Å². The van der Waals surface area contributed by atoms with Gasteiger partial charge in [-0.1, -0.05) is 48.5 Å². The van der Waals surface area contributed by atoms with E-state index in [0.29, 0.717) is 17.1 Å². The average Bonchev–Trinajstić information content (AvgIpc) is 3.15. The van der Waals surface area contributed by atoms with Crippen molar-refractivity contribution in [2.45, 2.75) is 20.0 Å². The number of ether oxygens (including phenoxy) is 1. The molecular weight excluding hydrogens is 484 g/mol. The lowest BCUT2D eigenvalue weighted by Crippen LogP contribution is -2.33. The number of para-hydroxylation sites is 2. The van der Waals surface area contributed by atoms with Crippen molar-refractivity contribution in [3.63, 3.8) is 0 Å². The van der Waals surface area contributed by atoms with Gasteiger partial charge in [-0.15, -0.1) is 0 Å². The maximum absolute atomic E-state index is 13.2. The van der Waals surface area contributed by atoms with Crippen molar-refractivity contribution in [3.05, 3.63) is 112 Å². The molecule has 0 aliphatic carbocycles. The summed E-state index contributed by atoms with van der Waals surface area (Å²) in [6.45, 7) is 3.11. The highest BCUT2D eigenvalue weighted by molar-refractivity contribution is 6.12. The molecule has 1 atom stereocenters. The van der Waals surface area contributed by atoms with Crippen molar-refractivity contribution < 1.29 is 19.1 Å². The summed E-state index contributed by atoms with van der Waals surface area (Å²) in [4.78, 5) is 53.6. The Kier molecular flexibility index (Phi) is 7.57. The van der Waals surface area contributed by atoms with Gasteiger partial charge in [0, 0.05) is 19.8 Å². The van der Waals surface area contributed by atoms with Crippen molar-refractivity contribution >= 4 is 29.2 Å². The maximum Gasteiger partial charge on any atom is 0.339 e. The number of nitrogens with one attached hydrogen (secondary N) is 1. The Labute approximate surface area is 219 Å². The van der Waals surface area contributed by atoms with Crippen molar-refractivity contribution in [1.82, 2.24) is 9.36 Å². The lowest BCUT2D eigenvalue weighted by Gasteiger charge is -2.19. The lowest BCUT2D eigenvalue weighted by atomic mass is 10.1. The van der Waals surface area contributed by atoms with Crippen LogP contribution < -0.4 is 15.8 Å². The molecule has 9 nitrogen and oxygen atoms in total. The number of hydrogen-bond acceptors (Lipinski definition) is 5. The quantitative estimate of drug-likeness (QED) is 0.378. The van der Waals surface area contributed by atoms with Crippen LogP contribution in [0.5, 0.6) is 0 Å². The Bertz CT molecular complexity index is 1540. The largest absolute Gasteiger partial charge is 0.449 e. The summed E-state index contributed by atoms with van der Waals surface area (Å²) in [5.74, 6) is -1.90. The average molecular weight is 513 g/mol. The highest BCUT2D eigenvalue weighted by atomic mass is 16.5. The van der Waals surface area contributed by atoms with Crippen LogP contribution in [0, 0.1) is 6.92 Å². The number of amides is 2. The van der Waals surface area contributed by atoms with Crippen LogP contribution >= 0.6 is 0 Å². The predicted octanol–water partition coefficient (Wildman–Crippen LogP) is 3.95. The summed E-state index contributed by atoms with van der Waals surface area (Å²) < 4.78 is 8.48. The second-order valence-electron chi connectivity index (χ2n) is 8.72. The van der Waals surface area contributed by atoms with E-state index in [9.17, 15) is 19.2 Å². The van der Waals surface area contributed by atoms with Gasteiger partial charge in [-0.2, -0.15) is 0 Å². The Morgan fingerprint density at radius 2 is 1.42 bits per heavy atom. The van der Waals surface area contributed by atoms with Gasteiger partial charge in [0.2, 0.25) is 0 Å². The Morgan fingerprint density at radius 3 is 2.05 bits per heavy atom. The highest BCUT2D eigenvalue weighted by Gasteiger charge is 2.26. The Hall–Kier alpha value is -4.92. The Morgan fingerprint density at radius 1 is 0.868 bits per heavy atom. The molecule has 0 radical (unpaired) electrons. The van der Waals surface area contributed by atoms with Gasteiger partial charge < -0.3 is 15.0 Å². The number of anilines is 2. The number of carbonyl (C=O) groups is 3. The Balaban J connectivity index is 1.51. The van der Waals surface area contributed by atoms with Gasteiger partial charge in [0.15, 0.2) is 6.10 Å². The summed E-state index contributed by atoms with van der Waals surface area (Å²) in [5, 5.41) is 2.60. The third kappa shape index (κ3) is 5.12. The zero-order chi connectivity index (χ0) is 27.4. The van der Waals surface area contributed by atoms with Crippen molar-refractivity contribution in [3.8, 4) is 5.69 Å². The van der Waals surface area contributed by atoms with Crippen molar-refractivity contribution in [1.29, 1.82) is 0 Å². The van der Waals surface area contributed by atoms with Gasteiger partial charge in [0.25, 0.3) is 17.4 Å². The lowest BCUT2D eigenvalue weighted by molar-refractivity contribution is -0.123. The molecule has 0 bridgehead atoms. The first kappa shape index (κ1) is 26.2. The molecule has 4 aromatic rings. The summed E-state index contributed by atoms with van der Waals surface area (Å²) in [5.41, 5.74) is 1.68.